The van der Waals surface area contributed by atoms with Crippen LogP contribution in [0.5, 0.6) is 0 Å². The number of aliphatic hydroxyl groups is 1. The van der Waals surface area contributed by atoms with Gasteiger partial charge in [-0.1, -0.05) is 110 Å². The number of hydrogen-bond acceptors (Lipinski definition) is 5. The van der Waals surface area contributed by atoms with Gasteiger partial charge in [-0.25, -0.2) is 0 Å². The average molecular weight is 905 g/mol. The van der Waals surface area contributed by atoms with Crippen molar-refractivity contribution in [3.8, 4) is 22.4 Å². The molecule has 0 saturated heterocycles. The summed E-state index contributed by atoms with van der Waals surface area (Å²) in [6, 6.07) is 25.2. The molecule has 3 aromatic carbocycles. The van der Waals surface area contributed by atoms with E-state index in [1.165, 1.54) is 28.0 Å². The van der Waals surface area contributed by atoms with Crippen LogP contribution in [0.1, 0.15) is 111 Å². The van der Waals surface area contributed by atoms with Gasteiger partial charge in [0.05, 0.1) is 5.76 Å². The number of aryl methyl sites for hydroxylation is 2. The Labute approximate surface area is 336 Å². The van der Waals surface area contributed by atoms with E-state index < -0.39 is 0 Å². The fraction of sp³-hybridized carbons (Fsp3) is 0.417. The van der Waals surface area contributed by atoms with E-state index in [4.69, 9.17) is 13.8 Å². The number of fused-ring (bicyclic) bond motifs is 3. The smallest absolute Gasteiger partial charge is 0.219 e. The summed E-state index contributed by atoms with van der Waals surface area (Å²) in [4.78, 5) is 16.7. The van der Waals surface area contributed by atoms with Crippen LogP contribution in [-0.2, 0) is 36.7 Å². The van der Waals surface area contributed by atoms with Crippen molar-refractivity contribution in [2.45, 2.75) is 114 Å². The van der Waals surface area contributed by atoms with Gasteiger partial charge in [-0.2, -0.15) is 0 Å². The van der Waals surface area contributed by atoms with Gasteiger partial charge < -0.3 is 13.9 Å². The number of benzene rings is 3. The first-order valence-corrected chi connectivity index (χ1v) is 19.5. The van der Waals surface area contributed by atoms with E-state index in [9.17, 15) is 9.90 Å². The van der Waals surface area contributed by atoms with Gasteiger partial charge in [0.2, 0.25) is 5.71 Å². The second-order valence-corrected chi connectivity index (χ2v) is 16.0. The van der Waals surface area contributed by atoms with Gasteiger partial charge in [-0.05, 0) is 79.7 Å². The largest absolute Gasteiger partial charge is 0.512 e. The second-order valence-electron chi connectivity index (χ2n) is 16.0. The molecule has 0 unspecified atom stereocenters. The number of rotatable bonds is 11. The molecule has 0 spiro atoms. The van der Waals surface area contributed by atoms with Crippen molar-refractivity contribution in [3.05, 3.63) is 101 Å². The standard InChI is InChI=1S/C35H34NO2.C13H24O2.Ir/c1-20(2)14-32-22(4)26-13-12-24(18-33(26)38-32)28-19-31(36-34-29(28)15-21(3)37-34)25-16-23-10-8-9-11-27(23)30(17-25)35(5,6)7;1-5-10(6-2)12(14)9-13(15)11(7-3)8-4;/h8-13,15,17-20H,14H2,1-7H3;9-11,14H,5-8H2,1-4H3;/q-1;;/b;12-9-;. The van der Waals surface area contributed by atoms with Crippen LogP contribution in [0.15, 0.2) is 81.3 Å². The monoisotopic (exact) mass is 905 g/mol. The molecule has 3 aromatic heterocycles. The van der Waals surface area contributed by atoms with E-state index in [2.05, 4.69) is 108 Å². The second kappa shape index (κ2) is 18.1. The number of aromatic nitrogens is 1. The van der Waals surface area contributed by atoms with Crippen LogP contribution in [0.25, 0.3) is 55.2 Å². The zero-order valence-corrected chi connectivity index (χ0v) is 36.5. The zero-order chi connectivity index (χ0) is 38.6. The third-order valence-corrected chi connectivity index (χ3v) is 10.5. The Bertz CT molecular complexity index is 2240. The van der Waals surface area contributed by atoms with Gasteiger partial charge in [-0.3, -0.25) is 9.78 Å². The quantitative estimate of drug-likeness (QED) is 0.0796. The van der Waals surface area contributed by atoms with Crippen LogP contribution in [0.3, 0.4) is 0 Å². The minimum atomic E-state index is -0.0203. The molecule has 0 amide bonds. The number of carbonyl (C=O) groups excluding carboxylic acids is 1. The summed E-state index contributed by atoms with van der Waals surface area (Å²) in [5.41, 5.74) is 8.07. The number of nitrogens with zero attached hydrogens (tertiary/aromatic N) is 1. The molecule has 1 N–H and O–H groups in total. The van der Waals surface area contributed by atoms with E-state index in [0.717, 1.165) is 82.4 Å². The summed E-state index contributed by atoms with van der Waals surface area (Å²) in [6.45, 7) is 23.4. The minimum Gasteiger partial charge on any atom is -0.512 e. The maximum absolute atomic E-state index is 11.7. The third kappa shape index (κ3) is 9.44. The van der Waals surface area contributed by atoms with Crippen LogP contribution in [0.4, 0.5) is 0 Å². The summed E-state index contributed by atoms with van der Waals surface area (Å²) in [7, 11) is 0. The van der Waals surface area contributed by atoms with E-state index in [1.54, 1.807) is 0 Å². The number of pyridine rings is 1. The molecular formula is C48H58IrNO4-. The predicted molar refractivity (Wildman–Crippen MR) is 222 cm³/mol. The molecule has 6 rings (SSSR count). The molecule has 54 heavy (non-hydrogen) atoms. The Kier molecular flexibility index (Phi) is 14.3. The SMILES string of the molecule is CCC(CC)C(=O)/C=C(\O)C(CC)CC.Cc1cc2c(-c3ccc4c(C)c(CC(C)C)oc4c3)cc(-c3[c-]c4ccccc4c(C(C)(C)C)c3)nc2o1.[Ir]. The third-order valence-electron chi connectivity index (χ3n) is 10.5. The molecule has 1 radical (unpaired) electrons. The number of ketones is 1. The molecule has 3 heterocycles. The van der Waals surface area contributed by atoms with Gasteiger partial charge in [0, 0.05) is 60.9 Å². The first kappa shape index (κ1) is 42.7. The molecule has 0 saturated carbocycles. The summed E-state index contributed by atoms with van der Waals surface area (Å²) >= 11 is 0. The molecular weight excluding hydrogens is 847 g/mol. The molecule has 0 fully saturated rings. The summed E-state index contributed by atoms with van der Waals surface area (Å²) in [5, 5.41) is 14.3. The van der Waals surface area contributed by atoms with E-state index in [1.807, 2.05) is 34.6 Å². The summed E-state index contributed by atoms with van der Waals surface area (Å²) in [6.07, 6.45) is 5.85. The topological polar surface area (TPSA) is 76.5 Å². The van der Waals surface area contributed by atoms with Crippen molar-refractivity contribution in [3.63, 3.8) is 0 Å². The molecule has 0 aliphatic carbocycles. The zero-order valence-electron chi connectivity index (χ0n) is 34.1. The molecule has 0 bridgehead atoms. The average Bonchev–Trinajstić information content (AvgIpc) is 3.65. The van der Waals surface area contributed by atoms with Crippen molar-refractivity contribution in [2.75, 3.05) is 0 Å². The molecule has 289 valence electrons. The summed E-state index contributed by atoms with van der Waals surface area (Å²) < 4.78 is 12.4. The van der Waals surface area contributed by atoms with Crippen molar-refractivity contribution in [2.24, 2.45) is 17.8 Å². The number of aliphatic hydroxyl groups excluding tert-OH is 1. The van der Waals surface area contributed by atoms with Gasteiger partial charge in [0.25, 0.3) is 0 Å². The van der Waals surface area contributed by atoms with Crippen molar-refractivity contribution < 1.29 is 38.8 Å². The van der Waals surface area contributed by atoms with Crippen molar-refractivity contribution >= 4 is 38.6 Å². The molecule has 0 aliphatic heterocycles. The molecule has 6 aromatic rings. The maximum atomic E-state index is 11.7. The van der Waals surface area contributed by atoms with Gasteiger partial charge >= 0.3 is 0 Å². The normalized spacial score (nSPS) is 12.2. The fourth-order valence-corrected chi connectivity index (χ4v) is 7.29. The van der Waals surface area contributed by atoms with Crippen LogP contribution < -0.4 is 0 Å². The van der Waals surface area contributed by atoms with E-state index >= 15 is 0 Å². The van der Waals surface area contributed by atoms with E-state index in [-0.39, 0.29) is 48.9 Å². The molecule has 5 nitrogen and oxygen atoms in total. The van der Waals surface area contributed by atoms with Crippen LogP contribution >= 0.6 is 0 Å². The minimum absolute atomic E-state index is 0. The van der Waals surface area contributed by atoms with Crippen molar-refractivity contribution in [1.29, 1.82) is 0 Å². The first-order valence-electron chi connectivity index (χ1n) is 19.5. The fourth-order valence-electron chi connectivity index (χ4n) is 7.29. The molecule has 6 heteroatoms. The summed E-state index contributed by atoms with van der Waals surface area (Å²) in [5.74, 6) is 3.01. The molecule has 0 atom stereocenters. The Hall–Kier alpha value is -3.99. The van der Waals surface area contributed by atoms with E-state index in [0.29, 0.717) is 11.6 Å². The molecule has 0 aliphatic rings. The number of allylic oxidation sites excluding steroid dienone is 2. The Balaban J connectivity index is 0.000000347. The van der Waals surface area contributed by atoms with Crippen molar-refractivity contribution in [1.82, 2.24) is 4.98 Å². The van der Waals surface area contributed by atoms with Crippen LogP contribution in [-0.4, -0.2) is 15.9 Å². The van der Waals surface area contributed by atoms with Gasteiger partial charge in [0.1, 0.15) is 17.1 Å². The maximum Gasteiger partial charge on any atom is 0.219 e. The van der Waals surface area contributed by atoms with Crippen LogP contribution in [0.2, 0.25) is 0 Å². The van der Waals surface area contributed by atoms with Gasteiger partial charge in [-0.15, -0.1) is 29.1 Å². The predicted octanol–water partition coefficient (Wildman–Crippen LogP) is 13.8. The van der Waals surface area contributed by atoms with Gasteiger partial charge in [0.15, 0.2) is 5.78 Å². The first-order chi connectivity index (χ1) is 25.2. The number of furan rings is 2. The van der Waals surface area contributed by atoms with Crippen LogP contribution in [0, 0.1) is 37.7 Å². The Morgan fingerprint density at radius 3 is 2.15 bits per heavy atom. The Morgan fingerprint density at radius 1 is 0.852 bits per heavy atom. The number of hydrogen-bond donors (Lipinski definition) is 1. The Morgan fingerprint density at radius 2 is 1.52 bits per heavy atom. The number of carbonyl (C=O) groups is 1.